The molecule has 0 aliphatic carbocycles. The molecule has 50 heavy (non-hydrogen) atoms. The number of aromatic nitrogens is 2. The predicted molar refractivity (Wildman–Crippen MR) is 170 cm³/mol. The van der Waals surface area contributed by atoms with Gasteiger partial charge in [0.2, 0.25) is 5.95 Å². The van der Waals surface area contributed by atoms with Crippen molar-refractivity contribution in [2.75, 3.05) is 36.7 Å². The average Bonchev–Trinajstić information content (AvgIpc) is 3.05. The Labute approximate surface area is 285 Å². The molecule has 0 radical (unpaired) electrons. The molecule has 1 N–H and O–H groups in total. The van der Waals surface area contributed by atoms with Crippen molar-refractivity contribution in [3.05, 3.63) is 76.6 Å². The minimum Gasteiger partial charge on any atom is -0.488 e. The van der Waals surface area contributed by atoms with Crippen molar-refractivity contribution in [1.82, 2.24) is 9.97 Å². The number of halogens is 6. The molecule has 2 heterocycles. The predicted octanol–water partition coefficient (Wildman–Crippen LogP) is 7.83. The van der Waals surface area contributed by atoms with Crippen LogP contribution in [0.3, 0.4) is 0 Å². The summed E-state index contributed by atoms with van der Waals surface area (Å²) in [7, 11) is 1.49. The Kier molecular flexibility index (Phi) is 11.5. The quantitative estimate of drug-likeness (QED) is 0.148. The zero-order valence-corrected chi connectivity index (χ0v) is 28.1. The highest BCUT2D eigenvalue weighted by molar-refractivity contribution is 5.91. The number of carbonyl (C=O) groups excluding carboxylic acids is 1. The number of carboxylic acid groups (broad SMARTS) is 1. The second kappa shape index (κ2) is 15.1. The maximum absolute atomic E-state index is 13.9. The van der Waals surface area contributed by atoms with Gasteiger partial charge in [-0.2, -0.15) is 26.3 Å². The zero-order valence-electron chi connectivity index (χ0n) is 28.1. The van der Waals surface area contributed by atoms with Crippen molar-refractivity contribution in [3.8, 4) is 5.75 Å². The fourth-order valence-corrected chi connectivity index (χ4v) is 5.51. The number of fused-ring (bicyclic) bond motifs is 1. The molecule has 0 saturated carbocycles. The van der Waals surface area contributed by atoms with Gasteiger partial charge in [-0.05, 0) is 69.0 Å². The monoisotopic (exact) mass is 712 g/mol. The summed E-state index contributed by atoms with van der Waals surface area (Å²) in [6.45, 7) is 5.97. The molecule has 1 amide bonds. The van der Waals surface area contributed by atoms with Gasteiger partial charge in [-0.25, -0.2) is 14.8 Å². The number of carbonyl (C=O) groups is 2. The van der Waals surface area contributed by atoms with Gasteiger partial charge < -0.3 is 24.2 Å². The minimum absolute atomic E-state index is 0.0124. The highest BCUT2D eigenvalue weighted by atomic mass is 19.4. The fourth-order valence-electron chi connectivity index (χ4n) is 5.51. The van der Waals surface area contributed by atoms with Crippen LogP contribution in [0.2, 0.25) is 0 Å². The Bertz CT molecular complexity index is 1630. The van der Waals surface area contributed by atoms with Gasteiger partial charge in [-0.15, -0.1) is 0 Å². The van der Waals surface area contributed by atoms with Gasteiger partial charge in [-0.1, -0.05) is 24.6 Å². The van der Waals surface area contributed by atoms with E-state index in [1.54, 1.807) is 32.0 Å². The SMILES string of the molecule is CC[C@@H]1C[C@H](N(Cc2cc(C(F)(F)F)cc(C(F)(F)F)c2)c2ncc(OCCOC)cn2)c2cc(C)ccc2N1C(=O)OCC(C)(C)C(=O)O. The molecule has 10 nitrogen and oxygen atoms in total. The van der Waals surface area contributed by atoms with E-state index in [-0.39, 0.29) is 43.0 Å². The molecule has 1 aliphatic rings. The smallest absolute Gasteiger partial charge is 0.416 e. The molecule has 4 rings (SSSR count). The van der Waals surface area contributed by atoms with E-state index in [9.17, 15) is 41.0 Å². The number of aryl methyl sites for hydroxylation is 1. The van der Waals surface area contributed by atoms with Crippen LogP contribution in [-0.4, -0.2) is 60.1 Å². The van der Waals surface area contributed by atoms with Crippen molar-refractivity contribution in [3.63, 3.8) is 0 Å². The third-order valence-corrected chi connectivity index (χ3v) is 8.27. The summed E-state index contributed by atoms with van der Waals surface area (Å²) in [5, 5.41) is 9.51. The molecule has 2 aromatic carbocycles. The lowest BCUT2D eigenvalue weighted by Gasteiger charge is -2.44. The molecule has 3 aromatic rings. The van der Waals surface area contributed by atoms with Crippen LogP contribution < -0.4 is 14.5 Å². The van der Waals surface area contributed by atoms with Crippen molar-refractivity contribution < 1.29 is 55.2 Å². The second-order valence-electron chi connectivity index (χ2n) is 12.6. The standard InChI is InChI=1S/C34H38F6N4O6/c1-6-24-15-28(26-11-20(2)7-8-27(26)44(24)31(47)50-19-32(3,4)29(45)46)43(30-41-16-25(17-42-30)49-10-9-48-5)18-21-12-22(33(35,36)37)14-23(13-21)34(38,39)40/h7-8,11-14,16-17,24,28H,6,9-10,15,18-19H2,1-5H3,(H,45,46)/t24-,28+/m1/s1. The van der Waals surface area contributed by atoms with Gasteiger partial charge in [0.25, 0.3) is 0 Å². The molecular formula is C34H38F6N4O6. The lowest BCUT2D eigenvalue weighted by atomic mass is 9.87. The van der Waals surface area contributed by atoms with Crippen LogP contribution in [0.15, 0.2) is 48.8 Å². The maximum Gasteiger partial charge on any atom is 0.416 e. The highest BCUT2D eigenvalue weighted by Crippen LogP contribution is 2.45. The Morgan fingerprint density at radius 1 is 0.980 bits per heavy atom. The number of benzene rings is 2. The third kappa shape index (κ3) is 8.94. The van der Waals surface area contributed by atoms with Crippen LogP contribution in [0, 0.1) is 12.3 Å². The van der Waals surface area contributed by atoms with E-state index in [0.29, 0.717) is 29.8 Å². The van der Waals surface area contributed by atoms with Crippen molar-refractivity contribution in [2.24, 2.45) is 5.41 Å². The van der Waals surface area contributed by atoms with Gasteiger partial charge >= 0.3 is 24.4 Å². The molecule has 0 unspecified atom stereocenters. The number of ether oxygens (including phenoxy) is 3. The summed E-state index contributed by atoms with van der Waals surface area (Å²) in [4.78, 5) is 36.9. The largest absolute Gasteiger partial charge is 0.488 e. The summed E-state index contributed by atoms with van der Waals surface area (Å²) < 4.78 is 99.1. The molecule has 0 spiro atoms. The summed E-state index contributed by atoms with van der Waals surface area (Å²) >= 11 is 0. The number of methoxy groups -OCH3 is 1. The molecule has 272 valence electrons. The van der Waals surface area contributed by atoms with E-state index in [1.807, 2.05) is 0 Å². The molecule has 1 aliphatic heterocycles. The zero-order chi connectivity index (χ0) is 37.0. The number of amides is 1. The maximum atomic E-state index is 13.9. The summed E-state index contributed by atoms with van der Waals surface area (Å²) in [6.07, 6.45) is -7.74. The van der Waals surface area contributed by atoms with Crippen LogP contribution in [0.4, 0.5) is 42.8 Å². The first kappa shape index (κ1) is 38.2. The van der Waals surface area contributed by atoms with E-state index < -0.39 is 66.2 Å². The van der Waals surface area contributed by atoms with E-state index in [2.05, 4.69) is 9.97 Å². The first-order valence-corrected chi connectivity index (χ1v) is 15.6. The van der Waals surface area contributed by atoms with Crippen LogP contribution in [0.1, 0.15) is 67.5 Å². The number of nitrogens with zero attached hydrogens (tertiary/aromatic N) is 4. The van der Waals surface area contributed by atoms with Gasteiger partial charge in [0.15, 0.2) is 5.75 Å². The Hall–Kier alpha value is -4.60. The Morgan fingerprint density at radius 3 is 2.14 bits per heavy atom. The number of rotatable bonds is 12. The summed E-state index contributed by atoms with van der Waals surface area (Å²) in [5.74, 6) is -0.920. The first-order valence-electron chi connectivity index (χ1n) is 15.6. The van der Waals surface area contributed by atoms with E-state index in [0.717, 1.165) is 5.56 Å². The van der Waals surface area contributed by atoms with Crippen LogP contribution in [-0.2, 0) is 33.2 Å². The molecule has 0 bridgehead atoms. The third-order valence-electron chi connectivity index (χ3n) is 8.27. The summed E-state index contributed by atoms with van der Waals surface area (Å²) in [6, 6.07) is 5.23. The molecule has 0 saturated heterocycles. The van der Waals surface area contributed by atoms with Crippen molar-refractivity contribution in [1.29, 1.82) is 0 Å². The number of hydrogen-bond donors (Lipinski definition) is 1. The van der Waals surface area contributed by atoms with Crippen LogP contribution >= 0.6 is 0 Å². The Balaban J connectivity index is 1.84. The van der Waals surface area contributed by atoms with E-state index in [4.69, 9.17) is 14.2 Å². The summed E-state index contributed by atoms with van der Waals surface area (Å²) in [5.41, 5.74) is -2.96. The van der Waals surface area contributed by atoms with E-state index >= 15 is 0 Å². The number of alkyl halides is 6. The number of anilines is 2. The number of hydrogen-bond acceptors (Lipinski definition) is 8. The molecule has 2 atom stereocenters. The lowest BCUT2D eigenvalue weighted by Crippen LogP contribution is -2.48. The van der Waals surface area contributed by atoms with Gasteiger partial charge in [-0.3, -0.25) is 9.69 Å². The minimum atomic E-state index is -5.06. The topological polar surface area (TPSA) is 114 Å². The molecular weight excluding hydrogens is 674 g/mol. The van der Waals surface area contributed by atoms with Crippen molar-refractivity contribution >= 4 is 23.7 Å². The highest BCUT2D eigenvalue weighted by Gasteiger charge is 2.42. The lowest BCUT2D eigenvalue weighted by molar-refractivity contribution is -0.149. The molecule has 0 fully saturated rings. The fraction of sp³-hybridized carbons (Fsp3) is 0.471. The van der Waals surface area contributed by atoms with Crippen molar-refractivity contribution in [2.45, 2.75) is 71.5 Å². The second-order valence-corrected chi connectivity index (χ2v) is 12.6. The van der Waals surface area contributed by atoms with E-state index in [1.165, 1.54) is 43.2 Å². The molecule has 16 heteroatoms. The van der Waals surface area contributed by atoms with Gasteiger partial charge in [0.1, 0.15) is 13.2 Å². The Morgan fingerprint density at radius 2 is 1.60 bits per heavy atom. The van der Waals surface area contributed by atoms with Gasteiger partial charge in [0, 0.05) is 19.7 Å². The number of carboxylic acids is 1. The number of aliphatic carboxylic acids is 1. The first-order chi connectivity index (χ1) is 23.3. The normalized spacial score (nSPS) is 16.5. The van der Waals surface area contributed by atoms with Gasteiger partial charge in [0.05, 0.1) is 47.3 Å². The van der Waals surface area contributed by atoms with Crippen LogP contribution in [0.25, 0.3) is 0 Å². The molecule has 1 aromatic heterocycles. The van der Waals surface area contributed by atoms with Crippen LogP contribution in [0.5, 0.6) is 5.75 Å². The average molecular weight is 713 g/mol.